The van der Waals surface area contributed by atoms with Crippen molar-refractivity contribution in [3.8, 4) is 23.3 Å². The van der Waals surface area contributed by atoms with Gasteiger partial charge in [-0.25, -0.2) is 8.78 Å². The van der Waals surface area contributed by atoms with Crippen LogP contribution in [-0.4, -0.2) is 87.7 Å². The van der Waals surface area contributed by atoms with Crippen LogP contribution in [-0.2, 0) is 11.2 Å². The van der Waals surface area contributed by atoms with E-state index >= 15 is 4.39 Å². The van der Waals surface area contributed by atoms with Crippen molar-refractivity contribution < 1.29 is 18.3 Å². The molecule has 3 aromatic rings. The Kier molecular flexibility index (Phi) is 7.16. The second kappa shape index (κ2) is 11.3. The van der Waals surface area contributed by atoms with Crippen molar-refractivity contribution in [1.82, 2.24) is 24.8 Å². The summed E-state index contributed by atoms with van der Waals surface area (Å²) in [5.74, 6) is 0.742. The standard InChI is InChI=1S/C35H37F2N7O2/c1-2-28(45)44-14-13-42(19-24(44)9-11-38)33-27-17-39-31(26-6-3-5-22-15-21-7-8-25(21)29(22)26)30(37)32(27)40-34(41-33)46-20-35-10-4-12-43(35)18-23(36)16-35/h2-3,5-6,17,21,23-25H,1,4,7-10,12-16,18-20H2/t21-,23-,24+,25-,35+/m1/s1. The number of rotatable bonds is 7. The normalized spacial score (nSPS) is 28.4. The number of pyridine rings is 1. The lowest BCUT2D eigenvalue weighted by Gasteiger charge is -2.41. The molecule has 4 fully saturated rings. The molecular weight excluding hydrogens is 588 g/mol. The molecule has 0 bridgehead atoms. The van der Waals surface area contributed by atoms with Gasteiger partial charge in [0.1, 0.15) is 29.8 Å². The van der Waals surface area contributed by atoms with Gasteiger partial charge in [-0.1, -0.05) is 24.8 Å². The van der Waals surface area contributed by atoms with Gasteiger partial charge in [0.05, 0.1) is 29.5 Å². The lowest BCUT2D eigenvalue weighted by atomic mass is 9.73. The zero-order chi connectivity index (χ0) is 31.6. The van der Waals surface area contributed by atoms with Crippen LogP contribution >= 0.6 is 0 Å². The fourth-order valence-electron chi connectivity index (χ4n) is 8.81. The van der Waals surface area contributed by atoms with Crippen molar-refractivity contribution in [3.05, 3.63) is 54.0 Å². The smallest absolute Gasteiger partial charge is 0.319 e. The Morgan fingerprint density at radius 1 is 1.22 bits per heavy atom. The Morgan fingerprint density at radius 3 is 2.91 bits per heavy atom. The molecule has 2 aliphatic carbocycles. The highest BCUT2D eigenvalue weighted by Crippen LogP contribution is 2.54. The summed E-state index contributed by atoms with van der Waals surface area (Å²) in [6, 6.07) is 7.91. The maximum absolute atomic E-state index is 16.8. The number of ether oxygens (including phenoxy) is 1. The monoisotopic (exact) mass is 625 g/mol. The number of fused-ring (bicyclic) bond motifs is 5. The van der Waals surface area contributed by atoms with Crippen LogP contribution in [0.25, 0.3) is 22.2 Å². The molecule has 0 N–H and O–H groups in total. The number of alkyl halides is 1. The first kappa shape index (κ1) is 29.2. The molecule has 5 heterocycles. The van der Waals surface area contributed by atoms with Crippen molar-refractivity contribution >= 4 is 22.6 Å². The number of halogens is 2. The lowest BCUT2D eigenvalue weighted by molar-refractivity contribution is -0.128. The van der Waals surface area contributed by atoms with Crippen LogP contribution in [0.1, 0.15) is 55.6 Å². The van der Waals surface area contributed by atoms with E-state index in [9.17, 15) is 14.4 Å². The van der Waals surface area contributed by atoms with Gasteiger partial charge in [0, 0.05) is 44.4 Å². The second-order valence-corrected chi connectivity index (χ2v) is 13.6. The number of aromatic nitrogens is 3. The molecule has 3 aliphatic heterocycles. The number of amides is 1. The van der Waals surface area contributed by atoms with Crippen molar-refractivity contribution in [3.63, 3.8) is 0 Å². The fourth-order valence-corrected chi connectivity index (χ4v) is 8.81. The van der Waals surface area contributed by atoms with Gasteiger partial charge in [0.15, 0.2) is 5.82 Å². The van der Waals surface area contributed by atoms with E-state index in [2.05, 4.69) is 28.6 Å². The van der Waals surface area contributed by atoms with Gasteiger partial charge in [0.25, 0.3) is 0 Å². The third-order valence-corrected chi connectivity index (χ3v) is 11.2. The predicted octanol–water partition coefficient (Wildman–Crippen LogP) is 4.95. The third kappa shape index (κ3) is 4.63. The van der Waals surface area contributed by atoms with E-state index in [1.807, 2.05) is 17.0 Å². The molecule has 11 heteroatoms. The Bertz CT molecular complexity index is 1780. The molecule has 9 nitrogen and oxygen atoms in total. The Labute approximate surface area is 266 Å². The number of carbonyl (C=O) groups is 1. The summed E-state index contributed by atoms with van der Waals surface area (Å²) in [4.78, 5) is 32.5. The van der Waals surface area contributed by atoms with Crippen molar-refractivity contribution in [2.45, 2.75) is 68.6 Å². The summed E-state index contributed by atoms with van der Waals surface area (Å²) >= 11 is 0. The van der Waals surface area contributed by atoms with Gasteiger partial charge in [-0.15, -0.1) is 0 Å². The number of carbonyl (C=O) groups excluding carboxylic acids is 1. The second-order valence-electron chi connectivity index (χ2n) is 13.6. The number of piperazine rings is 1. The van der Waals surface area contributed by atoms with E-state index in [4.69, 9.17) is 14.7 Å². The first-order chi connectivity index (χ1) is 22.4. The van der Waals surface area contributed by atoms with Crippen molar-refractivity contribution in [2.24, 2.45) is 5.92 Å². The van der Waals surface area contributed by atoms with Gasteiger partial charge in [-0.2, -0.15) is 15.2 Å². The Hall–Kier alpha value is -4.17. The third-order valence-electron chi connectivity index (χ3n) is 11.2. The summed E-state index contributed by atoms with van der Waals surface area (Å²) in [7, 11) is 0. The maximum atomic E-state index is 16.8. The summed E-state index contributed by atoms with van der Waals surface area (Å²) < 4.78 is 37.6. The molecule has 0 spiro atoms. The highest BCUT2D eigenvalue weighted by molar-refractivity contribution is 5.93. The van der Waals surface area contributed by atoms with Crippen molar-refractivity contribution in [2.75, 3.05) is 44.2 Å². The number of nitriles is 1. The van der Waals surface area contributed by atoms with E-state index in [1.54, 1.807) is 11.1 Å². The zero-order valence-corrected chi connectivity index (χ0v) is 25.8. The number of hydrogen-bond donors (Lipinski definition) is 0. The Balaban J connectivity index is 1.21. The highest BCUT2D eigenvalue weighted by Gasteiger charge is 2.49. The highest BCUT2D eigenvalue weighted by atomic mass is 19.1. The van der Waals surface area contributed by atoms with Gasteiger partial charge < -0.3 is 14.5 Å². The van der Waals surface area contributed by atoms with Crippen LogP contribution in [0.15, 0.2) is 37.1 Å². The molecule has 1 aromatic carbocycles. The minimum absolute atomic E-state index is 0.0286. The SMILES string of the molecule is C=CC(=O)N1CCN(c2nc(OC[C@@]34CCCN3C[C@H](F)C4)nc3c(F)c(-c4cccc5c4[C@@H]4CC[C@@H]4C5)ncc23)C[C@@H]1CC#N. The Morgan fingerprint density at radius 2 is 2.11 bits per heavy atom. The summed E-state index contributed by atoms with van der Waals surface area (Å²) in [5, 5.41) is 9.98. The summed E-state index contributed by atoms with van der Waals surface area (Å²) in [6.07, 6.45) is 7.65. The van der Waals surface area contributed by atoms with Crippen LogP contribution in [0.4, 0.5) is 14.6 Å². The largest absolute Gasteiger partial charge is 0.461 e. The number of benzene rings is 1. The molecular formula is C35H37F2N7O2. The van der Waals surface area contributed by atoms with Gasteiger partial charge in [-0.3, -0.25) is 14.7 Å². The summed E-state index contributed by atoms with van der Waals surface area (Å²) in [5.41, 5.74) is 3.27. The molecule has 5 atom stereocenters. The first-order valence-corrected chi connectivity index (χ1v) is 16.4. The van der Waals surface area contributed by atoms with E-state index in [1.165, 1.54) is 23.6 Å². The average Bonchev–Trinajstić information content (AvgIpc) is 3.66. The number of anilines is 1. The molecule has 1 amide bonds. The van der Waals surface area contributed by atoms with Crippen LogP contribution in [0.5, 0.6) is 6.01 Å². The molecule has 1 saturated carbocycles. The number of nitrogens with zero attached hydrogens (tertiary/aromatic N) is 7. The van der Waals surface area contributed by atoms with Gasteiger partial charge in [-0.05, 0) is 67.7 Å². The molecule has 46 heavy (non-hydrogen) atoms. The van der Waals surface area contributed by atoms with Gasteiger partial charge >= 0.3 is 6.01 Å². The predicted molar refractivity (Wildman–Crippen MR) is 169 cm³/mol. The molecule has 5 aliphatic rings. The van der Waals surface area contributed by atoms with Crippen LogP contribution in [0, 0.1) is 23.1 Å². The zero-order valence-electron chi connectivity index (χ0n) is 25.8. The average molecular weight is 626 g/mol. The molecule has 8 rings (SSSR count). The van der Waals surface area contributed by atoms with E-state index < -0.39 is 23.6 Å². The minimum atomic E-state index is -0.905. The van der Waals surface area contributed by atoms with E-state index in [0.717, 1.165) is 37.8 Å². The summed E-state index contributed by atoms with van der Waals surface area (Å²) in [6.45, 7) is 6.13. The molecule has 238 valence electrons. The molecule has 2 aromatic heterocycles. The van der Waals surface area contributed by atoms with E-state index in [-0.39, 0.29) is 36.2 Å². The maximum Gasteiger partial charge on any atom is 0.319 e. The van der Waals surface area contributed by atoms with Crippen molar-refractivity contribution in [1.29, 1.82) is 5.26 Å². The number of hydrogen-bond acceptors (Lipinski definition) is 8. The molecule has 3 saturated heterocycles. The fraction of sp³-hybridized carbons (Fsp3) is 0.514. The van der Waals surface area contributed by atoms with Crippen LogP contribution in [0.3, 0.4) is 0 Å². The minimum Gasteiger partial charge on any atom is -0.461 e. The van der Waals surface area contributed by atoms with Gasteiger partial charge in [0.2, 0.25) is 5.91 Å². The molecule has 0 unspecified atom stereocenters. The quantitative estimate of drug-likeness (QED) is 0.340. The van der Waals surface area contributed by atoms with Crippen LogP contribution in [0.2, 0.25) is 0 Å². The lowest BCUT2D eigenvalue weighted by Crippen LogP contribution is -2.55. The topological polar surface area (TPSA) is 98.5 Å². The van der Waals surface area contributed by atoms with Crippen LogP contribution < -0.4 is 9.64 Å². The van der Waals surface area contributed by atoms with E-state index in [0.29, 0.717) is 55.6 Å². The molecule has 0 radical (unpaired) electrons. The first-order valence-electron chi connectivity index (χ1n) is 16.4.